The summed E-state index contributed by atoms with van der Waals surface area (Å²) in [4.78, 5) is 11.2. The van der Waals surface area contributed by atoms with Crippen molar-refractivity contribution in [2.75, 3.05) is 19.8 Å². The quantitative estimate of drug-likeness (QED) is 0.505. The van der Waals surface area contributed by atoms with Gasteiger partial charge in [-0.25, -0.2) is 0 Å². The number of rotatable bonds is 8. The molecule has 0 bridgehead atoms. The molecule has 0 aromatic rings. The summed E-state index contributed by atoms with van der Waals surface area (Å²) < 4.78 is 17.3. The summed E-state index contributed by atoms with van der Waals surface area (Å²) in [5, 5.41) is 0.204. The number of hydrogen-bond acceptors (Lipinski definition) is 4. The first kappa shape index (κ1) is 18.8. The van der Waals surface area contributed by atoms with Gasteiger partial charge in [-0.15, -0.1) is 0 Å². The van der Waals surface area contributed by atoms with Gasteiger partial charge >= 0.3 is 0 Å². The van der Waals surface area contributed by atoms with E-state index in [1.165, 1.54) is 0 Å². The monoisotopic (exact) mass is 316 g/mol. The zero-order chi connectivity index (χ0) is 15.9. The van der Waals surface area contributed by atoms with Gasteiger partial charge in [-0.2, -0.15) is 0 Å². The van der Waals surface area contributed by atoms with Gasteiger partial charge in [0.05, 0.1) is 6.61 Å². The van der Waals surface area contributed by atoms with E-state index in [1.807, 2.05) is 0 Å². The molecule has 0 radical (unpaired) electrons. The highest BCUT2D eigenvalue weighted by Gasteiger charge is 2.37. The number of carbonyl (C=O) groups is 1. The highest BCUT2D eigenvalue weighted by Crippen LogP contribution is 2.36. The lowest BCUT2D eigenvalue weighted by atomic mass is 10.1. The van der Waals surface area contributed by atoms with Crippen LogP contribution in [0.5, 0.6) is 0 Å². The molecule has 2 unspecified atom stereocenters. The van der Waals surface area contributed by atoms with Crippen LogP contribution in [-0.2, 0) is 18.7 Å². The summed E-state index contributed by atoms with van der Waals surface area (Å²) in [5.41, 5.74) is 0. The Kier molecular flexibility index (Phi) is 7.54. The van der Waals surface area contributed by atoms with Crippen LogP contribution >= 0.6 is 0 Å². The van der Waals surface area contributed by atoms with Crippen molar-refractivity contribution in [3.05, 3.63) is 0 Å². The summed E-state index contributed by atoms with van der Waals surface area (Å²) in [6.45, 7) is 13.0. The van der Waals surface area contributed by atoms with Crippen molar-refractivity contribution in [2.24, 2.45) is 5.92 Å². The Hall–Kier alpha value is -0.233. The average molecular weight is 317 g/mol. The molecule has 5 heteroatoms. The molecule has 1 aliphatic rings. The minimum Gasteiger partial charge on any atom is -0.417 e. The maximum atomic E-state index is 11.2. The molecule has 21 heavy (non-hydrogen) atoms. The Balaban J connectivity index is 2.26. The molecule has 0 amide bonds. The molecule has 0 N–H and O–H groups in total. The minimum absolute atomic E-state index is 0.0969. The summed E-state index contributed by atoms with van der Waals surface area (Å²) in [6.07, 6.45) is 4.77. The van der Waals surface area contributed by atoms with E-state index in [4.69, 9.17) is 13.9 Å². The second kappa shape index (κ2) is 8.41. The molecule has 2 atom stereocenters. The first-order valence-corrected chi connectivity index (χ1v) is 11.0. The largest absolute Gasteiger partial charge is 0.417 e. The van der Waals surface area contributed by atoms with E-state index in [9.17, 15) is 4.79 Å². The second-order valence-corrected chi connectivity index (χ2v) is 12.2. The Bertz CT molecular complexity index is 306. The zero-order valence-electron chi connectivity index (χ0n) is 14.3. The lowest BCUT2D eigenvalue weighted by Gasteiger charge is -2.36. The Labute approximate surface area is 130 Å². The molecule has 0 aromatic heterocycles. The lowest BCUT2D eigenvalue weighted by Crippen LogP contribution is -2.41. The van der Waals surface area contributed by atoms with Gasteiger partial charge in [0.15, 0.2) is 14.6 Å². The smallest absolute Gasteiger partial charge is 0.191 e. The second-order valence-electron chi connectivity index (χ2n) is 7.42. The van der Waals surface area contributed by atoms with Crippen LogP contribution in [0, 0.1) is 5.92 Å². The molecule has 0 spiro atoms. The van der Waals surface area contributed by atoms with Crippen molar-refractivity contribution in [1.82, 2.24) is 0 Å². The normalized spacial score (nSPS) is 22.0. The van der Waals surface area contributed by atoms with E-state index in [1.54, 1.807) is 0 Å². The number of aldehydes is 1. The first-order chi connectivity index (χ1) is 9.76. The van der Waals surface area contributed by atoms with Gasteiger partial charge < -0.3 is 18.7 Å². The van der Waals surface area contributed by atoms with E-state index in [-0.39, 0.29) is 17.2 Å². The molecule has 124 valence electrons. The van der Waals surface area contributed by atoms with Crippen LogP contribution in [0.3, 0.4) is 0 Å². The highest BCUT2D eigenvalue weighted by molar-refractivity contribution is 6.74. The summed E-state index contributed by atoms with van der Waals surface area (Å²) in [6, 6.07) is 0. The van der Waals surface area contributed by atoms with Crippen molar-refractivity contribution in [3.8, 4) is 0 Å². The topological polar surface area (TPSA) is 44.8 Å². The first-order valence-electron chi connectivity index (χ1n) is 8.09. The van der Waals surface area contributed by atoms with E-state index in [0.29, 0.717) is 13.2 Å². The predicted octanol–water partition coefficient (Wildman–Crippen LogP) is 3.76. The number of ether oxygens (including phenoxy) is 2. The zero-order valence-corrected chi connectivity index (χ0v) is 15.3. The van der Waals surface area contributed by atoms with Crippen molar-refractivity contribution in [3.63, 3.8) is 0 Å². The fourth-order valence-electron chi connectivity index (χ4n) is 1.95. The molecule has 4 nitrogen and oxygen atoms in total. The number of hydrogen-bond donors (Lipinski definition) is 0. The Morgan fingerprint density at radius 1 is 1.33 bits per heavy atom. The molecule has 0 saturated carbocycles. The van der Waals surface area contributed by atoms with Crippen LogP contribution in [0.25, 0.3) is 0 Å². The van der Waals surface area contributed by atoms with Crippen LogP contribution in [0.1, 0.15) is 46.5 Å². The third kappa shape index (κ3) is 6.59. The van der Waals surface area contributed by atoms with Crippen molar-refractivity contribution >= 4 is 14.6 Å². The van der Waals surface area contributed by atoms with Gasteiger partial charge in [-0.3, -0.25) is 0 Å². The van der Waals surface area contributed by atoms with E-state index in [2.05, 4.69) is 33.9 Å². The molecule has 0 aromatic carbocycles. The van der Waals surface area contributed by atoms with Crippen LogP contribution < -0.4 is 0 Å². The molecular weight excluding hydrogens is 284 g/mol. The predicted molar refractivity (Wildman–Crippen MR) is 86.9 cm³/mol. The van der Waals surface area contributed by atoms with Gasteiger partial charge in [0, 0.05) is 19.1 Å². The summed E-state index contributed by atoms with van der Waals surface area (Å²) >= 11 is 0. The summed E-state index contributed by atoms with van der Waals surface area (Å²) in [7, 11) is -1.72. The van der Waals surface area contributed by atoms with E-state index < -0.39 is 8.32 Å². The standard InChI is InChI=1S/C16H32O4Si/c1-16(2,3)21(4,5)20-11-9-14(12-17)13-19-15-8-6-7-10-18-15/h12,14-15H,6-11,13H2,1-5H3. The molecule has 1 saturated heterocycles. The van der Waals surface area contributed by atoms with Gasteiger partial charge in [-0.1, -0.05) is 20.8 Å². The van der Waals surface area contributed by atoms with E-state index in [0.717, 1.165) is 38.6 Å². The SMILES string of the molecule is CC(C)(C)[Si](C)(C)OCCC(C=O)COC1CCCCO1. The van der Waals surface area contributed by atoms with Gasteiger partial charge in [-0.05, 0) is 43.8 Å². The fourth-order valence-corrected chi connectivity index (χ4v) is 3.01. The van der Waals surface area contributed by atoms with Crippen molar-refractivity contribution in [2.45, 2.75) is 70.9 Å². The van der Waals surface area contributed by atoms with Crippen molar-refractivity contribution in [1.29, 1.82) is 0 Å². The third-order valence-corrected chi connectivity index (χ3v) is 9.12. The van der Waals surface area contributed by atoms with Crippen LogP contribution in [0.2, 0.25) is 18.1 Å². The molecular formula is C16H32O4Si. The van der Waals surface area contributed by atoms with Crippen LogP contribution in [0.15, 0.2) is 0 Å². The molecule has 1 heterocycles. The Morgan fingerprint density at radius 2 is 2.05 bits per heavy atom. The van der Waals surface area contributed by atoms with Crippen molar-refractivity contribution < 1.29 is 18.7 Å². The van der Waals surface area contributed by atoms with Crippen LogP contribution in [0.4, 0.5) is 0 Å². The lowest BCUT2D eigenvalue weighted by molar-refractivity contribution is -0.169. The van der Waals surface area contributed by atoms with Gasteiger partial charge in [0.25, 0.3) is 0 Å². The number of carbonyl (C=O) groups excluding carboxylic acids is 1. The molecule has 1 rings (SSSR count). The van der Waals surface area contributed by atoms with Crippen LogP contribution in [-0.4, -0.2) is 40.7 Å². The average Bonchev–Trinajstić information content (AvgIpc) is 2.42. The Morgan fingerprint density at radius 3 is 2.57 bits per heavy atom. The molecule has 1 fully saturated rings. The summed E-state index contributed by atoms with van der Waals surface area (Å²) in [5.74, 6) is -0.0969. The van der Waals surface area contributed by atoms with Gasteiger partial charge in [0.2, 0.25) is 0 Å². The minimum atomic E-state index is -1.72. The van der Waals surface area contributed by atoms with E-state index >= 15 is 0 Å². The third-order valence-electron chi connectivity index (χ3n) is 4.58. The molecule has 0 aliphatic carbocycles. The maximum absolute atomic E-state index is 11.2. The molecule has 1 aliphatic heterocycles. The highest BCUT2D eigenvalue weighted by atomic mass is 28.4. The fraction of sp³-hybridized carbons (Fsp3) is 0.938. The van der Waals surface area contributed by atoms with Gasteiger partial charge in [0.1, 0.15) is 6.29 Å². The maximum Gasteiger partial charge on any atom is 0.191 e.